The molecule has 0 radical (unpaired) electrons. The van der Waals surface area contributed by atoms with Crippen LogP contribution in [0.15, 0.2) is 66.2 Å². The van der Waals surface area contributed by atoms with Gasteiger partial charge in [0, 0.05) is 23.2 Å². The third-order valence-corrected chi connectivity index (χ3v) is 9.68. The number of methoxy groups -OCH3 is 1. The molecule has 13 nitrogen and oxygen atoms in total. The summed E-state index contributed by atoms with van der Waals surface area (Å²) < 4.78 is 10.4. The van der Waals surface area contributed by atoms with E-state index in [1.165, 1.54) is 13.2 Å². The summed E-state index contributed by atoms with van der Waals surface area (Å²) in [6.45, 7) is 0. The van der Waals surface area contributed by atoms with Crippen LogP contribution in [0.4, 0.5) is 10.5 Å². The van der Waals surface area contributed by atoms with Crippen molar-refractivity contribution in [2.75, 3.05) is 26.5 Å². The minimum atomic E-state index is -2.73. The van der Waals surface area contributed by atoms with Gasteiger partial charge in [0.2, 0.25) is 11.7 Å². The zero-order valence-corrected chi connectivity index (χ0v) is 26.3. The maximum absolute atomic E-state index is 14.1. The second-order valence-electron chi connectivity index (χ2n) is 12.5. The molecule has 13 heteroatoms. The predicted molar refractivity (Wildman–Crippen MR) is 172 cm³/mol. The molecule has 0 saturated heterocycles. The number of nitrogens with zero attached hydrogens (tertiary/aromatic N) is 1. The van der Waals surface area contributed by atoms with Crippen molar-refractivity contribution in [3.05, 3.63) is 77.4 Å². The first-order valence-electron chi connectivity index (χ1n) is 15.2. The molecule has 3 aromatic rings. The zero-order chi connectivity index (χ0) is 34.7. The van der Waals surface area contributed by atoms with Crippen molar-refractivity contribution < 1.29 is 49.1 Å². The molecule has 48 heavy (non-hydrogen) atoms. The molecule has 2 amide bonds. The smallest absolute Gasteiger partial charge is 0.417 e. The Labute approximate surface area is 275 Å². The number of likely N-dealkylation sites (N-methyl/N-ethyl adjacent to an activating group) is 1. The molecule has 0 aliphatic heterocycles. The molecule has 2 unspecified atom stereocenters. The highest BCUT2D eigenvalue weighted by molar-refractivity contribution is 6.25. The third kappa shape index (κ3) is 5.16. The lowest BCUT2D eigenvalue weighted by molar-refractivity contribution is -0.184. The summed E-state index contributed by atoms with van der Waals surface area (Å²) in [7, 11) is 4.72. The number of fused-ring (bicyclic) bond motifs is 3. The van der Waals surface area contributed by atoms with Crippen LogP contribution < -0.4 is 20.5 Å². The fourth-order valence-electron chi connectivity index (χ4n) is 7.50. The Morgan fingerprint density at radius 1 is 0.979 bits per heavy atom. The number of carbonyl (C=O) groups is 4. The van der Waals surface area contributed by atoms with Gasteiger partial charge in [0.15, 0.2) is 11.4 Å². The lowest BCUT2D eigenvalue weighted by Crippen LogP contribution is -2.73. The van der Waals surface area contributed by atoms with Crippen LogP contribution in [0.3, 0.4) is 0 Å². The summed E-state index contributed by atoms with van der Waals surface area (Å²) in [5, 5.41) is 47.9. The Balaban J connectivity index is 1.32. The van der Waals surface area contributed by atoms with Crippen LogP contribution in [0.2, 0.25) is 0 Å². The van der Waals surface area contributed by atoms with Gasteiger partial charge in [-0.3, -0.25) is 19.7 Å². The van der Waals surface area contributed by atoms with Crippen LogP contribution in [0.25, 0.3) is 16.9 Å². The number of aromatic hydroxyl groups is 1. The zero-order valence-electron chi connectivity index (χ0n) is 26.3. The van der Waals surface area contributed by atoms with E-state index in [-0.39, 0.29) is 29.7 Å². The van der Waals surface area contributed by atoms with E-state index in [9.17, 15) is 39.6 Å². The number of hydrogen-bond donors (Lipinski definition) is 6. The lowest BCUT2D eigenvalue weighted by atomic mass is 9.54. The minimum Gasteiger partial charge on any atom is -0.507 e. The first kappa shape index (κ1) is 32.7. The highest BCUT2D eigenvalue weighted by Gasteiger charge is 2.67. The van der Waals surface area contributed by atoms with E-state index in [2.05, 4.69) is 5.32 Å². The Bertz CT molecular complexity index is 1850. The highest BCUT2D eigenvalue weighted by Crippen LogP contribution is 2.53. The monoisotopic (exact) mass is 657 g/mol. The van der Waals surface area contributed by atoms with Gasteiger partial charge in [-0.1, -0.05) is 18.2 Å². The quantitative estimate of drug-likeness (QED) is 0.212. The number of aliphatic hydroxyl groups excluding tert-OH is 2. The van der Waals surface area contributed by atoms with Gasteiger partial charge in [-0.05, 0) is 92.0 Å². The molecular formula is C35H35N3O10. The number of Topliss-reactive ketones (excluding diaryl/α,β-unsaturated/α-hetero) is 2. The van der Waals surface area contributed by atoms with E-state index in [1.807, 2.05) is 0 Å². The van der Waals surface area contributed by atoms with Crippen molar-refractivity contribution in [3.63, 3.8) is 0 Å². The second kappa shape index (κ2) is 12.1. The Kier molecular flexibility index (Phi) is 8.23. The molecule has 3 aliphatic carbocycles. The van der Waals surface area contributed by atoms with E-state index in [0.29, 0.717) is 33.9 Å². The molecule has 0 bridgehead atoms. The fourth-order valence-corrected chi connectivity index (χ4v) is 7.50. The van der Waals surface area contributed by atoms with Crippen molar-refractivity contribution in [2.45, 2.75) is 30.6 Å². The molecule has 3 aliphatic rings. The summed E-state index contributed by atoms with van der Waals surface area (Å²) in [6.07, 6.45) is -2.12. The Morgan fingerprint density at radius 2 is 1.62 bits per heavy atom. The van der Waals surface area contributed by atoms with Gasteiger partial charge in [0.05, 0.1) is 18.8 Å². The number of amides is 2. The largest absolute Gasteiger partial charge is 0.507 e. The number of rotatable bonds is 6. The summed E-state index contributed by atoms with van der Waals surface area (Å²) in [5.41, 5.74) is 4.74. The molecule has 6 atom stereocenters. The number of primary amides is 1. The first-order chi connectivity index (χ1) is 22.8. The topological polar surface area (TPSA) is 209 Å². The van der Waals surface area contributed by atoms with Crippen molar-refractivity contribution in [3.8, 4) is 28.4 Å². The van der Waals surface area contributed by atoms with Gasteiger partial charge in [0.1, 0.15) is 28.9 Å². The van der Waals surface area contributed by atoms with Crippen LogP contribution in [-0.2, 0) is 20.8 Å². The number of nitrogens with two attached hydrogens (primary N) is 1. The summed E-state index contributed by atoms with van der Waals surface area (Å²) in [5.74, 6) is -7.07. The molecule has 0 aromatic heterocycles. The Morgan fingerprint density at radius 3 is 2.23 bits per heavy atom. The normalized spacial score (nSPS) is 26.3. The molecular weight excluding hydrogens is 622 g/mol. The summed E-state index contributed by atoms with van der Waals surface area (Å²) in [6, 6.07) is 15.3. The van der Waals surface area contributed by atoms with Crippen molar-refractivity contribution >= 4 is 35.0 Å². The minimum absolute atomic E-state index is 0.00641. The molecule has 3 aromatic carbocycles. The predicted octanol–water partition coefficient (Wildman–Crippen LogP) is 2.42. The van der Waals surface area contributed by atoms with Crippen molar-refractivity contribution in [2.24, 2.45) is 23.5 Å². The van der Waals surface area contributed by atoms with Gasteiger partial charge >= 0.3 is 6.09 Å². The number of nitrogens with one attached hydrogen (secondary N) is 1. The van der Waals surface area contributed by atoms with Crippen LogP contribution in [0, 0.1) is 17.8 Å². The number of phenolic OH excluding ortho intramolecular Hbond substituents is 1. The van der Waals surface area contributed by atoms with Crippen molar-refractivity contribution in [1.29, 1.82) is 0 Å². The van der Waals surface area contributed by atoms with Gasteiger partial charge in [-0.25, -0.2) is 4.79 Å². The van der Waals surface area contributed by atoms with E-state index in [0.717, 1.165) is 0 Å². The average molecular weight is 658 g/mol. The number of benzene rings is 3. The van der Waals surface area contributed by atoms with Gasteiger partial charge in [0.25, 0.3) is 0 Å². The van der Waals surface area contributed by atoms with E-state index in [1.54, 1.807) is 73.6 Å². The van der Waals surface area contributed by atoms with Crippen molar-refractivity contribution in [1.82, 2.24) is 4.90 Å². The maximum atomic E-state index is 14.1. The Hall–Kier alpha value is -5.24. The molecule has 2 saturated carbocycles. The van der Waals surface area contributed by atoms with Crippen LogP contribution in [0.5, 0.6) is 17.2 Å². The number of hydrogen-bond acceptors (Lipinski definition) is 11. The first-order valence-corrected chi connectivity index (χ1v) is 15.2. The third-order valence-electron chi connectivity index (χ3n) is 9.68. The SMILES string of the molecule is COc1ccc(OC(=O)Nc2ccc(-c3ccc(O)c4c3C[C@H]3C[C@H]5[C@@H](N(C)C)C(O)C(C(N)=O)C(=O)[C@@]5(O)C(=O)C3=C4O)cc2)cc1. The number of ether oxygens (including phenoxy) is 2. The number of ketones is 2. The second-order valence-corrected chi connectivity index (χ2v) is 12.5. The molecule has 0 spiro atoms. The molecule has 2 fully saturated rings. The number of carbonyl (C=O) groups excluding carboxylic acids is 4. The average Bonchev–Trinajstić information content (AvgIpc) is 3.03. The molecule has 0 heterocycles. The van der Waals surface area contributed by atoms with Crippen LogP contribution in [-0.4, -0.2) is 87.8 Å². The molecule has 7 N–H and O–H groups in total. The van der Waals surface area contributed by atoms with Crippen LogP contribution >= 0.6 is 0 Å². The lowest BCUT2D eigenvalue weighted by Gasteiger charge is -2.53. The number of aliphatic hydroxyl groups is 3. The van der Waals surface area contributed by atoms with E-state index in [4.69, 9.17) is 15.2 Å². The van der Waals surface area contributed by atoms with Gasteiger partial charge < -0.3 is 40.5 Å². The molecule has 6 rings (SSSR count). The molecule has 250 valence electrons. The van der Waals surface area contributed by atoms with Crippen LogP contribution in [0.1, 0.15) is 17.5 Å². The number of phenols is 1. The highest BCUT2D eigenvalue weighted by atomic mass is 16.6. The summed E-state index contributed by atoms with van der Waals surface area (Å²) in [4.78, 5) is 53.8. The van der Waals surface area contributed by atoms with E-state index >= 15 is 0 Å². The fraction of sp³-hybridized carbons (Fsp3) is 0.314. The van der Waals surface area contributed by atoms with E-state index < -0.39 is 64.8 Å². The van der Waals surface area contributed by atoms with Gasteiger partial charge in [-0.2, -0.15) is 0 Å². The summed E-state index contributed by atoms with van der Waals surface area (Å²) >= 11 is 0. The number of anilines is 1. The standard InChI is InChI=1S/C35H35N3O10/c1-38(2)28-23-15-17-14-22-21(16-4-6-18(7-5-16)37-34(45)48-20-10-8-19(47-3)9-11-20)12-13-24(39)26(22)29(40)25(17)31(42)35(23,46)32(43)27(30(28)41)33(36)44/h4-13,17,23,27-28,30,39-41,46H,14-15H2,1-3H3,(H2,36,44)(H,37,45)/t17-,23-,27?,28+,30?,35-/m0/s1. The maximum Gasteiger partial charge on any atom is 0.417 e. The van der Waals surface area contributed by atoms with Gasteiger partial charge in [-0.15, -0.1) is 0 Å².